The SMILES string of the molecule is Cc1c(C(CC(C)C)C(=O)O)c2c(F)c(O)ccc2n1C(=O)c1ccc(OC(F)(F)F)cc1. The molecule has 1 atom stereocenters. The maximum absolute atomic E-state index is 15.0. The van der Waals surface area contributed by atoms with Crippen LogP contribution >= 0.6 is 0 Å². The third-order valence-corrected chi connectivity index (χ3v) is 5.23. The number of nitrogens with zero attached hydrogens (tertiary/aromatic N) is 1. The first-order valence-electron chi connectivity index (χ1n) is 9.97. The van der Waals surface area contributed by atoms with Crippen molar-refractivity contribution in [3.05, 3.63) is 59.0 Å². The van der Waals surface area contributed by atoms with Gasteiger partial charge in [0.15, 0.2) is 11.6 Å². The average Bonchev–Trinajstić information content (AvgIpc) is 3.00. The number of ether oxygens (including phenoxy) is 1. The Hall–Kier alpha value is -3.56. The molecule has 1 unspecified atom stereocenters. The molecule has 6 nitrogen and oxygen atoms in total. The maximum Gasteiger partial charge on any atom is 0.573 e. The van der Waals surface area contributed by atoms with Gasteiger partial charge in [-0.25, -0.2) is 4.39 Å². The van der Waals surface area contributed by atoms with Crippen molar-refractivity contribution in [2.45, 2.75) is 39.5 Å². The molecule has 2 aromatic carbocycles. The van der Waals surface area contributed by atoms with Crippen LogP contribution in [0.4, 0.5) is 17.6 Å². The van der Waals surface area contributed by atoms with Gasteiger partial charge in [0.25, 0.3) is 5.91 Å². The molecule has 1 aromatic heterocycles. The Morgan fingerprint density at radius 1 is 1.09 bits per heavy atom. The highest BCUT2D eigenvalue weighted by atomic mass is 19.4. The number of rotatable bonds is 6. The summed E-state index contributed by atoms with van der Waals surface area (Å²) in [6.07, 6.45) is -4.74. The number of carboxylic acid groups (broad SMARTS) is 1. The first kappa shape index (κ1) is 24.1. The zero-order valence-corrected chi connectivity index (χ0v) is 17.9. The van der Waals surface area contributed by atoms with Crippen molar-refractivity contribution < 1.29 is 42.1 Å². The number of carbonyl (C=O) groups is 2. The number of hydrogen-bond donors (Lipinski definition) is 2. The van der Waals surface area contributed by atoms with E-state index in [9.17, 15) is 37.4 Å². The highest BCUT2D eigenvalue weighted by Gasteiger charge is 2.33. The lowest BCUT2D eigenvalue weighted by molar-refractivity contribution is -0.274. The van der Waals surface area contributed by atoms with Crippen molar-refractivity contribution in [1.82, 2.24) is 4.57 Å². The van der Waals surface area contributed by atoms with E-state index in [2.05, 4.69) is 4.74 Å². The smallest absolute Gasteiger partial charge is 0.505 e. The van der Waals surface area contributed by atoms with E-state index in [0.29, 0.717) is 0 Å². The zero-order valence-electron chi connectivity index (χ0n) is 17.9. The number of alkyl halides is 3. The van der Waals surface area contributed by atoms with Gasteiger partial charge >= 0.3 is 12.3 Å². The lowest BCUT2D eigenvalue weighted by atomic mass is 9.88. The van der Waals surface area contributed by atoms with E-state index in [4.69, 9.17) is 0 Å². The Bertz CT molecular complexity index is 1210. The fourth-order valence-electron chi connectivity index (χ4n) is 3.91. The molecule has 0 radical (unpaired) electrons. The van der Waals surface area contributed by atoms with Crippen LogP contribution < -0.4 is 4.74 Å². The second-order valence-electron chi connectivity index (χ2n) is 8.02. The van der Waals surface area contributed by atoms with E-state index in [-0.39, 0.29) is 40.1 Å². The Kier molecular flexibility index (Phi) is 6.40. The molecule has 1 heterocycles. The fraction of sp³-hybridized carbons (Fsp3) is 0.304. The molecule has 10 heteroatoms. The Balaban J connectivity index is 2.20. The van der Waals surface area contributed by atoms with Crippen LogP contribution in [0.2, 0.25) is 0 Å². The molecule has 0 aliphatic heterocycles. The summed E-state index contributed by atoms with van der Waals surface area (Å²) in [5, 5.41) is 19.5. The monoisotopic (exact) mass is 467 g/mol. The van der Waals surface area contributed by atoms with Crippen molar-refractivity contribution in [2.75, 3.05) is 0 Å². The molecular formula is C23H21F4NO5. The number of phenolic OH excluding ortho intramolecular Hbond substituents is 1. The molecule has 0 saturated carbocycles. The average molecular weight is 467 g/mol. The standard InChI is InChI=1S/C23H21F4NO5/c1-11(2)10-15(22(31)32)18-12(3)28(16-8-9-17(29)20(24)19(16)18)21(30)13-4-6-14(7-5-13)33-23(25,26)27/h4-9,11,15,29H,10H2,1-3H3,(H,31,32). The minimum Gasteiger partial charge on any atom is -0.505 e. The number of hydrogen-bond acceptors (Lipinski definition) is 4. The summed E-state index contributed by atoms with van der Waals surface area (Å²) >= 11 is 0. The molecule has 0 spiro atoms. The number of aromatic hydroxyl groups is 1. The van der Waals surface area contributed by atoms with Crippen LogP contribution in [-0.2, 0) is 4.79 Å². The van der Waals surface area contributed by atoms with Crippen LogP contribution in [0.3, 0.4) is 0 Å². The summed E-state index contributed by atoms with van der Waals surface area (Å²) in [5.41, 5.74) is 0.224. The number of carboxylic acids is 1. The van der Waals surface area contributed by atoms with Crippen LogP contribution in [0.15, 0.2) is 36.4 Å². The van der Waals surface area contributed by atoms with E-state index >= 15 is 0 Å². The summed E-state index contributed by atoms with van der Waals surface area (Å²) in [6, 6.07) is 6.50. The Labute approximate surface area is 186 Å². The molecule has 0 fully saturated rings. The van der Waals surface area contributed by atoms with E-state index in [1.165, 1.54) is 13.0 Å². The number of aromatic nitrogens is 1. The van der Waals surface area contributed by atoms with Crippen LogP contribution in [0, 0.1) is 18.7 Å². The summed E-state index contributed by atoms with van der Waals surface area (Å²) in [7, 11) is 0. The molecule has 176 valence electrons. The summed E-state index contributed by atoms with van der Waals surface area (Å²) in [5.74, 6) is -5.42. The normalized spacial score (nSPS) is 12.8. The third-order valence-electron chi connectivity index (χ3n) is 5.23. The highest BCUT2D eigenvalue weighted by Crippen LogP contribution is 2.39. The molecule has 0 bridgehead atoms. The van der Waals surface area contributed by atoms with Crippen molar-refractivity contribution in [3.63, 3.8) is 0 Å². The second-order valence-corrected chi connectivity index (χ2v) is 8.02. The van der Waals surface area contributed by atoms with Gasteiger partial charge in [-0.15, -0.1) is 13.2 Å². The predicted molar refractivity (Wildman–Crippen MR) is 111 cm³/mol. The minimum atomic E-state index is -4.89. The first-order chi connectivity index (χ1) is 15.3. The predicted octanol–water partition coefficient (Wildman–Crippen LogP) is 5.60. The van der Waals surface area contributed by atoms with E-state index < -0.39 is 41.5 Å². The van der Waals surface area contributed by atoms with Gasteiger partial charge in [-0.3, -0.25) is 14.2 Å². The number of benzene rings is 2. The van der Waals surface area contributed by atoms with Crippen LogP contribution in [0.5, 0.6) is 11.5 Å². The largest absolute Gasteiger partial charge is 0.573 e. The molecule has 33 heavy (non-hydrogen) atoms. The Morgan fingerprint density at radius 3 is 2.21 bits per heavy atom. The molecule has 3 rings (SSSR count). The van der Waals surface area contributed by atoms with Gasteiger partial charge in [0.2, 0.25) is 0 Å². The topological polar surface area (TPSA) is 88.8 Å². The first-order valence-corrected chi connectivity index (χ1v) is 9.97. The van der Waals surface area contributed by atoms with Crippen molar-refractivity contribution in [3.8, 4) is 11.5 Å². The van der Waals surface area contributed by atoms with Gasteiger partial charge in [0.1, 0.15) is 5.75 Å². The molecule has 0 aliphatic carbocycles. The minimum absolute atomic E-state index is 0.0275. The second kappa shape index (κ2) is 8.76. The number of phenols is 1. The van der Waals surface area contributed by atoms with Crippen LogP contribution in [0.25, 0.3) is 10.9 Å². The quantitative estimate of drug-likeness (QED) is 0.461. The Morgan fingerprint density at radius 2 is 1.70 bits per heavy atom. The number of halogens is 4. The van der Waals surface area contributed by atoms with Gasteiger partial charge in [-0.05, 0) is 61.2 Å². The van der Waals surface area contributed by atoms with Gasteiger partial charge in [-0.2, -0.15) is 0 Å². The number of fused-ring (bicyclic) bond motifs is 1. The third kappa shape index (κ3) is 4.79. The van der Waals surface area contributed by atoms with Crippen molar-refractivity contribution in [2.24, 2.45) is 5.92 Å². The van der Waals surface area contributed by atoms with Gasteiger partial charge < -0.3 is 14.9 Å². The molecule has 0 amide bonds. The zero-order chi connectivity index (χ0) is 24.7. The highest BCUT2D eigenvalue weighted by molar-refractivity contribution is 6.05. The van der Waals surface area contributed by atoms with Gasteiger partial charge in [-0.1, -0.05) is 13.8 Å². The number of carbonyl (C=O) groups excluding carboxylic acids is 1. The van der Waals surface area contributed by atoms with Gasteiger partial charge in [0, 0.05) is 16.6 Å². The van der Waals surface area contributed by atoms with E-state index in [1.807, 2.05) is 0 Å². The summed E-state index contributed by atoms with van der Waals surface area (Å²) in [4.78, 5) is 25.3. The van der Waals surface area contributed by atoms with Crippen molar-refractivity contribution in [1.29, 1.82) is 0 Å². The summed E-state index contributed by atoms with van der Waals surface area (Å²) < 4.78 is 57.1. The van der Waals surface area contributed by atoms with Crippen LogP contribution in [0.1, 0.15) is 47.8 Å². The lowest BCUT2D eigenvalue weighted by Crippen LogP contribution is -2.18. The van der Waals surface area contributed by atoms with Crippen molar-refractivity contribution >= 4 is 22.8 Å². The molecule has 3 aromatic rings. The molecule has 2 N–H and O–H groups in total. The fourth-order valence-corrected chi connectivity index (χ4v) is 3.91. The van der Waals surface area contributed by atoms with Gasteiger partial charge in [0.05, 0.1) is 11.4 Å². The van der Waals surface area contributed by atoms with E-state index in [0.717, 1.165) is 34.9 Å². The lowest BCUT2D eigenvalue weighted by Gasteiger charge is -2.16. The molecule has 0 saturated heterocycles. The summed E-state index contributed by atoms with van der Waals surface area (Å²) in [6.45, 7) is 5.06. The number of aliphatic carboxylic acids is 1. The van der Waals surface area contributed by atoms with E-state index in [1.54, 1.807) is 13.8 Å². The maximum atomic E-state index is 15.0. The molecular weight excluding hydrogens is 446 g/mol. The molecule has 0 aliphatic rings. The van der Waals surface area contributed by atoms with Crippen LogP contribution in [-0.4, -0.2) is 33.0 Å².